The van der Waals surface area contributed by atoms with Gasteiger partial charge < -0.3 is 4.74 Å². The molecule has 2 rings (SSSR count). The Morgan fingerprint density at radius 1 is 1.15 bits per heavy atom. The van der Waals surface area contributed by atoms with Crippen molar-refractivity contribution in [3.63, 3.8) is 0 Å². The van der Waals surface area contributed by atoms with E-state index >= 15 is 0 Å². The normalized spacial score (nSPS) is 10.4. The van der Waals surface area contributed by atoms with Gasteiger partial charge in [0, 0.05) is 16.1 Å². The van der Waals surface area contributed by atoms with E-state index in [1.54, 1.807) is 25.3 Å². The second kappa shape index (κ2) is 5.98. The fraction of sp³-hybridized carbons (Fsp3) is 0.188. The van der Waals surface area contributed by atoms with Gasteiger partial charge in [0.05, 0.1) is 11.6 Å². The van der Waals surface area contributed by atoms with E-state index in [1.165, 1.54) is 0 Å². The van der Waals surface area contributed by atoms with Gasteiger partial charge in [0.1, 0.15) is 5.75 Å². The molecule has 0 fully saturated rings. The number of hydrogen-bond acceptors (Lipinski definition) is 2. The molecule has 0 saturated carbocycles. The summed E-state index contributed by atoms with van der Waals surface area (Å²) in [5.74, 6) is 0.677. The highest BCUT2D eigenvalue weighted by Gasteiger charge is 2.15. The van der Waals surface area contributed by atoms with Crippen LogP contribution in [0.25, 0.3) is 0 Å². The monoisotopic (exact) mass is 352 g/mol. The van der Waals surface area contributed by atoms with E-state index in [9.17, 15) is 4.79 Å². The molecule has 0 atom stereocenters. The summed E-state index contributed by atoms with van der Waals surface area (Å²) in [4.78, 5) is 12.6. The third kappa shape index (κ3) is 2.89. The Bertz CT molecular complexity index is 680. The van der Waals surface area contributed by atoms with Crippen LogP contribution in [0.3, 0.4) is 0 Å². The summed E-state index contributed by atoms with van der Waals surface area (Å²) >= 11 is 9.46. The third-order valence-corrected chi connectivity index (χ3v) is 4.19. The van der Waals surface area contributed by atoms with Crippen molar-refractivity contribution in [1.82, 2.24) is 0 Å². The van der Waals surface area contributed by atoms with E-state index in [0.29, 0.717) is 21.9 Å². The van der Waals surface area contributed by atoms with Gasteiger partial charge in [-0.05, 0) is 71.2 Å². The van der Waals surface area contributed by atoms with Gasteiger partial charge >= 0.3 is 0 Å². The molecule has 0 heterocycles. The quantitative estimate of drug-likeness (QED) is 0.729. The molecule has 0 aliphatic carbocycles. The van der Waals surface area contributed by atoms with Crippen molar-refractivity contribution in [2.75, 3.05) is 7.11 Å². The van der Waals surface area contributed by atoms with E-state index in [-0.39, 0.29) is 5.78 Å². The molecule has 0 N–H and O–H groups in total. The number of benzene rings is 2. The Hall–Kier alpha value is -1.32. The summed E-state index contributed by atoms with van der Waals surface area (Å²) in [5.41, 5.74) is 3.05. The van der Waals surface area contributed by atoms with Crippen LogP contribution < -0.4 is 4.74 Å². The van der Waals surface area contributed by atoms with Gasteiger partial charge in [-0.25, -0.2) is 0 Å². The van der Waals surface area contributed by atoms with Gasteiger partial charge in [-0.3, -0.25) is 4.79 Å². The standard InChI is InChI=1S/C16H14BrClO2/c1-9-7-14(18)10(2)6-12(9)16(19)11-4-5-15(20-3)13(17)8-11/h4-8H,1-3H3. The molecule has 0 bridgehead atoms. The fourth-order valence-corrected chi connectivity index (χ4v) is 2.75. The number of rotatable bonds is 3. The smallest absolute Gasteiger partial charge is 0.193 e. The molecular weight excluding hydrogens is 340 g/mol. The highest BCUT2D eigenvalue weighted by atomic mass is 79.9. The van der Waals surface area contributed by atoms with Crippen molar-refractivity contribution in [3.8, 4) is 5.75 Å². The Morgan fingerprint density at radius 2 is 1.85 bits per heavy atom. The van der Waals surface area contributed by atoms with Crippen molar-refractivity contribution < 1.29 is 9.53 Å². The summed E-state index contributed by atoms with van der Waals surface area (Å²) in [6, 6.07) is 8.95. The first kappa shape index (κ1) is 15.1. The van der Waals surface area contributed by atoms with E-state index in [4.69, 9.17) is 16.3 Å². The Balaban J connectivity index is 2.46. The summed E-state index contributed by atoms with van der Waals surface area (Å²) in [6.07, 6.45) is 0. The molecule has 2 aromatic rings. The molecule has 0 amide bonds. The third-order valence-electron chi connectivity index (χ3n) is 3.16. The number of aryl methyl sites for hydroxylation is 2. The van der Waals surface area contributed by atoms with E-state index < -0.39 is 0 Å². The van der Waals surface area contributed by atoms with Crippen LogP contribution in [0.4, 0.5) is 0 Å². The van der Waals surface area contributed by atoms with Crippen molar-refractivity contribution in [2.24, 2.45) is 0 Å². The van der Waals surface area contributed by atoms with Crippen LogP contribution in [0.2, 0.25) is 5.02 Å². The number of carbonyl (C=O) groups excluding carboxylic acids is 1. The average Bonchev–Trinajstić information content (AvgIpc) is 2.42. The van der Waals surface area contributed by atoms with Crippen LogP contribution in [0.15, 0.2) is 34.8 Å². The van der Waals surface area contributed by atoms with Crippen LogP contribution in [0.5, 0.6) is 5.75 Å². The molecular formula is C16H14BrClO2. The lowest BCUT2D eigenvalue weighted by atomic mass is 9.97. The molecule has 104 valence electrons. The SMILES string of the molecule is COc1ccc(C(=O)c2cc(C)c(Cl)cc2C)cc1Br. The van der Waals surface area contributed by atoms with Crippen LogP contribution >= 0.6 is 27.5 Å². The molecule has 4 heteroatoms. The minimum absolute atomic E-state index is 0.0226. The lowest BCUT2D eigenvalue weighted by Gasteiger charge is -2.09. The number of methoxy groups -OCH3 is 1. The molecule has 0 spiro atoms. The number of halogens is 2. The first-order chi connectivity index (χ1) is 9.43. The molecule has 0 aliphatic heterocycles. The van der Waals surface area contributed by atoms with E-state index in [0.717, 1.165) is 15.6 Å². The zero-order valence-corrected chi connectivity index (χ0v) is 13.8. The first-order valence-electron chi connectivity index (χ1n) is 6.09. The lowest BCUT2D eigenvalue weighted by molar-refractivity contribution is 0.103. The topological polar surface area (TPSA) is 26.3 Å². The number of hydrogen-bond donors (Lipinski definition) is 0. The minimum atomic E-state index is -0.0226. The van der Waals surface area contributed by atoms with Crippen LogP contribution in [0, 0.1) is 13.8 Å². The Morgan fingerprint density at radius 3 is 2.45 bits per heavy atom. The zero-order valence-electron chi connectivity index (χ0n) is 11.5. The predicted molar refractivity (Wildman–Crippen MR) is 85.1 cm³/mol. The van der Waals surface area contributed by atoms with Gasteiger partial charge in [-0.2, -0.15) is 0 Å². The summed E-state index contributed by atoms with van der Waals surface area (Å²) in [5, 5.41) is 0.676. The maximum Gasteiger partial charge on any atom is 0.193 e. The van der Waals surface area contributed by atoms with Gasteiger partial charge in [0.15, 0.2) is 5.78 Å². The van der Waals surface area contributed by atoms with Gasteiger partial charge in [0.2, 0.25) is 0 Å². The van der Waals surface area contributed by atoms with Crippen LogP contribution in [0.1, 0.15) is 27.0 Å². The predicted octanol–water partition coefficient (Wildman–Crippen LogP) is 4.96. The largest absolute Gasteiger partial charge is 0.496 e. The average molecular weight is 354 g/mol. The van der Waals surface area contributed by atoms with Crippen molar-refractivity contribution in [2.45, 2.75) is 13.8 Å². The van der Waals surface area contributed by atoms with Crippen molar-refractivity contribution >= 4 is 33.3 Å². The molecule has 0 unspecified atom stereocenters. The number of ketones is 1. The van der Waals surface area contributed by atoms with Crippen LogP contribution in [-0.4, -0.2) is 12.9 Å². The molecule has 0 radical (unpaired) electrons. The highest BCUT2D eigenvalue weighted by molar-refractivity contribution is 9.10. The Labute approximate surface area is 131 Å². The molecule has 0 saturated heterocycles. The number of ether oxygens (including phenoxy) is 1. The lowest BCUT2D eigenvalue weighted by Crippen LogP contribution is -2.05. The van der Waals surface area contributed by atoms with Crippen LogP contribution in [-0.2, 0) is 0 Å². The number of carbonyl (C=O) groups is 1. The second-order valence-corrected chi connectivity index (χ2v) is 5.86. The van der Waals surface area contributed by atoms with E-state index in [1.807, 2.05) is 26.0 Å². The maximum atomic E-state index is 12.6. The summed E-state index contributed by atoms with van der Waals surface area (Å²) in [6.45, 7) is 3.78. The highest BCUT2D eigenvalue weighted by Crippen LogP contribution is 2.28. The van der Waals surface area contributed by atoms with Crippen molar-refractivity contribution in [1.29, 1.82) is 0 Å². The maximum absolute atomic E-state index is 12.6. The van der Waals surface area contributed by atoms with Gasteiger partial charge in [-0.15, -0.1) is 0 Å². The molecule has 0 aliphatic rings. The second-order valence-electron chi connectivity index (χ2n) is 4.59. The minimum Gasteiger partial charge on any atom is -0.496 e. The van der Waals surface area contributed by atoms with Gasteiger partial charge in [-0.1, -0.05) is 11.6 Å². The molecule has 20 heavy (non-hydrogen) atoms. The molecule has 0 aromatic heterocycles. The summed E-state index contributed by atoms with van der Waals surface area (Å²) in [7, 11) is 1.59. The Kier molecular flexibility index (Phi) is 4.51. The first-order valence-corrected chi connectivity index (χ1v) is 7.26. The zero-order chi connectivity index (χ0) is 14.9. The van der Waals surface area contributed by atoms with Crippen molar-refractivity contribution in [3.05, 3.63) is 62.1 Å². The van der Waals surface area contributed by atoms with Gasteiger partial charge in [0.25, 0.3) is 0 Å². The molecule has 2 aromatic carbocycles. The fourth-order valence-electron chi connectivity index (χ4n) is 1.99. The summed E-state index contributed by atoms with van der Waals surface area (Å²) < 4.78 is 5.93. The molecule has 2 nitrogen and oxygen atoms in total. The van der Waals surface area contributed by atoms with E-state index in [2.05, 4.69) is 15.9 Å².